The molecule has 0 amide bonds. The van der Waals surface area contributed by atoms with Gasteiger partial charge >= 0.3 is 0 Å². The summed E-state index contributed by atoms with van der Waals surface area (Å²) in [6, 6.07) is 13.7. The van der Waals surface area contributed by atoms with Crippen LogP contribution in [0, 0.1) is 0 Å². The van der Waals surface area contributed by atoms with E-state index in [9.17, 15) is 4.79 Å². The van der Waals surface area contributed by atoms with Crippen LogP contribution in [0.5, 0.6) is 0 Å². The molecule has 0 spiro atoms. The predicted octanol–water partition coefficient (Wildman–Crippen LogP) is 3.58. The number of carbonyl (C=O) groups excluding carboxylic acids is 1. The van der Waals surface area contributed by atoms with Crippen LogP contribution >= 0.6 is 15.9 Å². The van der Waals surface area contributed by atoms with E-state index < -0.39 is 0 Å². The summed E-state index contributed by atoms with van der Waals surface area (Å²) >= 11 is 3.45. The van der Waals surface area contributed by atoms with E-state index in [1.807, 2.05) is 42.5 Å². The normalized spacial score (nSPS) is 13.2. The molecule has 2 heteroatoms. The highest BCUT2D eigenvalue weighted by atomic mass is 79.9. The second-order valence-corrected chi connectivity index (χ2v) is 4.79. The first kappa shape index (κ1) is 9.79. The van der Waals surface area contributed by atoms with Crippen molar-refractivity contribution in [1.82, 2.24) is 0 Å². The lowest BCUT2D eigenvalue weighted by Crippen LogP contribution is -2.15. The van der Waals surface area contributed by atoms with Gasteiger partial charge < -0.3 is 0 Å². The van der Waals surface area contributed by atoms with Gasteiger partial charge in [-0.25, -0.2) is 0 Å². The molecule has 2 aromatic rings. The molecule has 16 heavy (non-hydrogen) atoms. The average molecular weight is 273 g/mol. The Labute approximate surface area is 102 Å². The van der Waals surface area contributed by atoms with E-state index in [1.54, 1.807) is 0 Å². The van der Waals surface area contributed by atoms with Crippen LogP contribution in [0.15, 0.2) is 46.9 Å². The Hall–Kier alpha value is -1.41. The number of hydrogen-bond acceptors (Lipinski definition) is 1. The van der Waals surface area contributed by atoms with Crippen LogP contribution in [0.2, 0.25) is 0 Å². The maximum absolute atomic E-state index is 12.3. The first-order valence-corrected chi connectivity index (χ1v) is 5.96. The molecule has 0 N–H and O–H groups in total. The van der Waals surface area contributed by atoms with Gasteiger partial charge in [-0.1, -0.05) is 52.3 Å². The number of benzene rings is 2. The molecule has 0 bridgehead atoms. The van der Waals surface area contributed by atoms with Crippen molar-refractivity contribution >= 4 is 21.7 Å². The summed E-state index contributed by atoms with van der Waals surface area (Å²) in [5, 5.41) is 0. The number of ketones is 1. The molecule has 2 aromatic carbocycles. The highest BCUT2D eigenvalue weighted by molar-refractivity contribution is 9.10. The van der Waals surface area contributed by atoms with Gasteiger partial charge in [-0.3, -0.25) is 4.79 Å². The summed E-state index contributed by atoms with van der Waals surface area (Å²) in [5.74, 6) is 0.129. The van der Waals surface area contributed by atoms with Crippen LogP contribution in [0.3, 0.4) is 0 Å². The lowest BCUT2D eigenvalue weighted by Gasteiger charge is -2.19. The monoisotopic (exact) mass is 272 g/mol. The molecule has 0 aromatic heterocycles. The van der Waals surface area contributed by atoms with Crippen molar-refractivity contribution in [1.29, 1.82) is 0 Å². The molecule has 0 radical (unpaired) electrons. The Morgan fingerprint density at radius 3 is 2.56 bits per heavy atom. The standard InChI is InChI=1S/C14H9BrO/c15-12-7-3-5-10-8-9-4-1-2-6-11(9)14(16)13(10)12/h1-7H,8H2. The third-order valence-corrected chi connectivity index (χ3v) is 3.63. The molecule has 0 heterocycles. The maximum Gasteiger partial charge on any atom is 0.194 e. The van der Waals surface area contributed by atoms with Crippen molar-refractivity contribution in [3.8, 4) is 0 Å². The summed E-state index contributed by atoms with van der Waals surface area (Å²) in [6.45, 7) is 0. The van der Waals surface area contributed by atoms with E-state index in [0.717, 1.165) is 33.1 Å². The Morgan fingerprint density at radius 2 is 1.69 bits per heavy atom. The molecule has 3 rings (SSSR count). The first-order valence-electron chi connectivity index (χ1n) is 5.17. The van der Waals surface area contributed by atoms with E-state index in [-0.39, 0.29) is 5.78 Å². The molecule has 0 unspecified atom stereocenters. The number of carbonyl (C=O) groups is 1. The van der Waals surface area contributed by atoms with Gasteiger partial charge in [0.15, 0.2) is 5.78 Å². The minimum absolute atomic E-state index is 0.129. The second-order valence-electron chi connectivity index (χ2n) is 3.94. The maximum atomic E-state index is 12.3. The van der Waals surface area contributed by atoms with Gasteiger partial charge in [-0.2, -0.15) is 0 Å². The molecule has 78 valence electrons. The van der Waals surface area contributed by atoms with Crippen LogP contribution < -0.4 is 0 Å². The van der Waals surface area contributed by atoms with Crippen LogP contribution in [-0.2, 0) is 6.42 Å². The summed E-state index contributed by atoms with van der Waals surface area (Å²) in [5.41, 5.74) is 3.89. The van der Waals surface area contributed by atoms with E-state index in [4.69, 9.17) is 0 Å². The first-order chi connectivity index (χ1) is 7.77. The van der Waals surface area contributed by atoms with Crippen molar-refractivity contribution in [2.75, 3.05) is 0 Å². The summed E-state index contributed by atoms with van der Waals surface area (Å²) < 4.78 is 0.893. The van der Waals surface area contributed by atoms with Gasteiger partial charge in [0, 0.05) is 15.6 Å². The Kier molecular flexibility index (Phi) is 2.18. The Bertz CT molecular complexity index is 587. The fourth-order valence-corrected chi connectivity index (χ4v) is 2.79. The highest BCUT2D eigenvalue weighted by Crippen LogP contribution is 2.31. The van der Waals surface area contributed by atoms with Crippen LogP contribution in [0.1, 0.15) is 27.0 Å². The summed E-state index contributed by atoms with van der Waals surface area (Å²) in [6.07, 6.45) is 0.844. The predicted molar refractivity (Wildman–Crippen MR) is 66.8 cm³/mol. The Morgan fingerprint density at radius 1 is 0.938 bits per heavy atom. The summed E-state index contributed by atoms with van der Waals surface area (Å²) in [4.78, 5) is 12.3. The lowest BCUT2D eigenvalue weighted by atomic mass is 9.85. The van der Waals surface area contributed by atoms with Gasteiger partial charge in [0.05, 0.1) is 0 Å². The van der Waals surface area contributed by atoms with E-state index in [0.29, 0.717) is 0 Å². The van der Waals surface area contributed by atoms with Crippen molar-refractivity contribution in [2.24, 2.45) is 0 Å². The SMILES string of the molecule is O=C1c2ccccc2Cc2cccc(Br)c21. The van der Waals surface area contributed by atoms with Gasteiger partial charge in [0.25, 0.3) is 0 Å². The summed E-state index contributed by atoms with van der Waals surface area (Å²) in [7, 11) is 0. The molecular formula is C14H9BrO. The molecule has 0 saturated heterocycles. The third kappa shape index (κ3) is 1.34. The van der Waals surface area contributed by atoms with Crippen LogP contribution in [-0.4, -0.2) is 5.78 Å². The zero-order chi connectivity index (χ0) is 11.1. The topological polar surface area (TPSA) is 17.1 Å². The number of fused-ring (bicyclic) bond motifs is 2. The number of halogens is 1. The lowest BCUT2D eigenvalue weighted by molar-refractivity contribution is 0.103. The molecule has 0 aliphatic heterocycles. The van der Waals surface area contributed by atoms with E-state index in [1.165, 1.54) is 0 Å². The third-order valence-electron chi connectivity index (χ3n) is 2.97. The number of hydrogen-bond donors (Lipinski definition) is 0. The Balaban J connectivity index is 2.27. The molecule has 1 nitrogen and oxygen atoms in total. The fraction of sp³-hybridized carbons (Fsp3) is 0.0714. The van der Waals surface area contributed by atoms with E-state index >= 15 is 0 Å². The quantitative estimate of drug-likeness (QED) is 0.611. The highest BCUT2D eigenvalue weighted by Gasteiger charge is 2.24. The van der Waals surface area contributed by atoms with Crippen molar-refractivity contribution < 1.29 is 4.79 Å². The van der Waals surface area contributed by atoms with Gasteiger partial charge in [-0.15, -0.1) is 0 Å². The molecule has 0 fully saturated rings. The fourth-order valence-electron chi connectivity index (χ4n) is 2.21. The smallest absolute Gasteiger partial charge is 0.194 e. The van der Waals surface area contributed by atoms with Crippen molar-refractivity contribution in [3.63, 3.8) is 0 Å². The molecule has 1 aliphatic rings. The van der Waals surface area contributed by atoms with Gasteiger partial charge in [0.1, 0.15) is 0 Å². The minimum atomic E-state index is 0.129. The van der Waals surface area contributed by atoms with Gasteiger partial charge in [-0.05, 0) is 23.6 Å². The largest absolute Gasteiger partial charge is 0.289 e. The second kappa shape index (κ2) is 3.56. The molecule has 0 atom stereocenters. The van der Waals surface area contributed by atoms with Crippen molar-refractivity contribution in [2.45, 2.75) is 6.42 Å². The zero-order valence-corrected chi connectivity index (χ0v) is 10.1. The van der Waals surface area contributed by atoms with Crippen LogP contribution in [0.4, 0.5) is 0 Å². The van der Waals surface area contributed by atoms with Crippen LogP contribution in [0.25, 0.3) is 0 Å². The molecule has 0 saturated carbocycles. The minimum Gasteiger partial charge on any atom is -0.289 e. The molecular weight excluding hydrogens is 264 g/mol. The van der Waals surface area contributed by atoms with Gasteiger partial charge in [0.2, 0.25) is 0 Å². The van der Waals surface area contributed by atoms with E-state index in [2.05, 4.69) is 15.9 Å². The van der Waals surface area contributed by atoms with Crippen molar-refractivity contribution in [3.05, 3.63) is 69.2 Å². The zero-order valence-electron chi connectivity index (χ0n) is 8.53. The number of rotatable bonds is 0. The average Bonchev–Trinajstić information content (AvgIpc) is 2.29. The molecule has 1 aliphatic carbocycles.